The molecule has 1 saturated heterocycles. The maximum absolute atomic E-state index is 12.4. The first-order chi connectivity index (χ1) is 9.81. The molecule has 3 aliphatic heterocycles. The molecular weight excluding hydrogens is 254 g/mol. The van der Waals surface area contributed by atoms with E-state index in [1.165, 1.54) is 17.5 Å². The predicted molar refractivity (Wildman–Crippen MR) is 71.9 cm³/mol. The molecule has 4 aliphatic rings. The van der Waals surface area contributed by atoms with Gasteiger partial charge >= 0.3 is 0 Å². The fraction of sp³-hybridized carbons (Fsp3) is 0.562. The number of fused-ring (bicyclic) bond motifs is 8. The van der Waals surface area contributed by atoms with Crippen molar-refractivity contribution in [3.63, 3.8) is 0 Å². The summed E-state index contributed by atoms with van der Waals surface area (Å²) in [7, 11) is 0. The molecule has 0 radical (unpaired) electrons. The first-order valence-corrected chi connectivity index (χ1v) is 7.50. The average Bonchev–Trinajstić information content (AvgIpc) is 3.01. The van der Waals surface area contributed by atoms with Crippen LogP contribution in [0.3, 0.4) is 0 Å². The van der Waals surface area contributed by atoms with Crippen LogP contribution >= 0.6 is 0 Å². The Morgan fingerprint density at radius 1 is 1.20 bits per heavy atom. The minimum atomic E-state index is 0.213. The smallest absolute Gasteiger partial charge is 0.231 e. The largest absolute Gasteiger partial charge is 0.454 e. The third kappa shape index (κ3) is 1.32. The molecule has 0 N–H and O–H groups in total. The Morgan fingerprint density at radius 2 is 2.05 bits per heavy atom. The van der Waals surface area contributed by atoms with Gasteiger partial charge in [-0.2, -0.15) is 0 Å². The Kier molecular flexibility index (Phi) is 2.09. The van der Waals surface area contributed by atoms with Gasteiger partial charge in [-0.15, -0.1) is 0 Å². The van der Waals surface area contributed by atoms with Gasteiger partial charge in [0.25, 0.3) is 0 Å². The first-order valence-electron chi connectivity index (χ1n) is 7.50. The van der Waals surface area contributed by atoms with Crippen molar-refractivity contribution in [2.45, 2.75) is 37.8 Å². The summed E-state index contributed by atoms with van der Waals surface area (Å²) in [5, 5.41) is 0. The maximum Gasteiger partial charge on any atom is 0.231 e. The summed E-state index contributed by atoms with van der Waals surface area (Å²) in [6, 6.07) is 4.72. The van der Waals surface area contributed by atoms with E-state index in [2.05, 4.69) is 17.0 Å². The first kappa shape index (κ1) is 11.1. The van der Waals surface area contributed by atoms with E-state index in [0.717, 1.165) is 37.4 Å². The number of Topliss-reactive ketones (excluding diaryl/α,β-unsaturated/α-hetero) is 1. The zero-order chi connectivity index (χ0) is 13.3. The summed E-state index contributed by atoms with van der Waals surface area (Å²) in [4.78, 5) is 14.9. The van der Waals surface area contributed by atoms with Crippen LogP contribution in [0, 0.1) is 5.92 Å². The molecule has 1 aliphatic carbocycles. The van der Waals surface area contributed by atoms with Gasteiger partial charge in [-0.1, -0.05) is 0 Å². The van der Waals surface area contributed by atoms with Crippen LogP contribution in [0.15, 0.2) is 12.1 Å². The molecule has 0 spiro atoms. The molecule has 20 heavy (non-hydrogen) atoms. The van der Waals surface area contributed by atoms with E-state index in [9.17, 15) is 4.79 Å². The normalized spacial score (nSPS) is 36.7. The Hall–Kier alpha value is -1.55. The molecule has 2 fully saturated rings. The number of rotatable bonds is 0. The molecule has 0 aromatic heterocycles. The van der Waals surface area contributed by atoms with Gasteiger partial charge in [0.15, 0.2) is 11.5 Å². The minimum absolute atomic E-state index is 0.213. The van der Waals surface area contributed by atoms with Crippen molar-refractivity contribution in [2.75, 3.05) is 13.3 Å². The number of hydrogen-bond donors (Lipinski definition) is 0. The number of ketones is 1. The molecule has 1 aromatic carbocycles. The van der Waals surface area contributed by atoms with Crippen LogP contribution in [0.4, 0.5) is 0 Å². The van der Waals surface area contributed by atoms with Crippen molar-refractivity contribution >= 4 is 5.78 Å². The topological polar surface area (TPSA) is 38.8 Å². The molecule has 1 saturated carbocycles. The summed E-state index contributed by atoms with van der Waals surface area (Å²) < 4.78 is 11.0. The monoisotopic (exact) mass is 271 g/mol. The van der Waals surface area contributed by atoms with E-state index in [-0.39, 0.29) is 5.92 Å². The Labute approximate surface area is 117 Å². The van der Waals surface area contributed by atoms with Gasteiger partial charge in [-0.05, 0) is 36.1 Å². The van der Waals surface area contributed by atoms with Crippen molar-refractivity contribution in [3.05, 3.63) is 23.3 Å². The summed E-state index contributed by atoms with van der Waals surface area (Å²) >= 11 is 0. The molecule has 2 bridgehead atoms. The molecule has 4 heteroatoms. The molecule has 1 unspecified atom stereocenters. The van der Waals surface area contributed by atoms with Crippen molar-refractivity contribution < 1.29 is 14.3 Å². The SMILES string of the molecule is O=C1CCC[C@H]2[C@@H]1[C@@H]1CN2Cc2cc3c(cc21)OCO3. The summed E-state index contributed by atoms with van der Waals surface area (Å²) in [5.74, 6) is 2.76. The minimum Gasteiger partial charge on any atom is -0.454 e. The second-order valence-electron chi connectivity index (χ2n) is 6.39. The molecule has 3 heterocycles. The van der Waals surface area contributed by atoms with Gasteiger partial charge in [-0.3, -0.25) is 9.69 Å². The molecule has 0 amide bonds. The van der Waals surface area contributed by atoms with E-state index >= 15 is 0 Å². The standard InChI is InChI=1S/C16H17NO3/c18-13-3-1-2-12-16(13)11-7-17(12)6-9-4-14-15(5-10(9)11)20-8-19-14/h4-5,11-12,16H,1-3,6-8H2/t11-,12+,16+/m1/s1. The number of ether oxygens (including phenoxy) is 2. The van der Waals surface area contributed by atoms with Gasteiger partial charge in [0.05, 0.1) is 0 Å². The number of hydrogen-bond acceptors (Lipinski definition) is 4. The van der Waals surface area contributed by atoms with E-state index in [1.807, 2.05) is 0 Å². The number of benzene rings is 1. The zero-order valence-electron chi connectivity index (χ0n) is 11.3. The van der Waals surface area contributed by atoms with Crippen LogP contribution in [0.1, 0.15) is 36.3 Å². The van der Waals surface area contributed by atoms with Crippen molar-refractivity contribution in [1.29, 1.82) is 0 Å². The zero-order valence-corrected chi connectivity index (χ0v) is 11.3. The second kappa shape index (κ2) is 3.76. The predicted octanol–water partition coefficient (Wildman–Crippen LogP) is 2.07. The number of nitrogens with zero attached hydrogens (tertiary/aromatic N) is 1. The van der Waals surface area contributed by atoms with Crippen LogP contribution < -0.4 is 9.47 Å². The van der Waals surface area contributed by atoms with Crippen LogP contribution in [0.2, 0.25) is 0 Å². The molecule has 4 nitrogen and oxygen atoms in total. The lowest BCUT2D eigenvalue weighted by atomic mass is 9.76. The number of carbonyl (C=O) groups excluding carboxylic acids is 1. The fourth-order valence-electron chi connectivity index (χ4n) is 4.62. The van der Waals surface area contributed by atoms with E-state index in [0.29, 0.717) is 24.5 Å². The molecule has 5 rings (SSSR count). The van der Waals surface area contributed by atoms with E-state index < -0.39 is 0 Å². The lowest BCUT2D eigenvalue weighted by molar-refractivity contribution is -0.125. The van der Waals surface area contributed by atoms with E-state index in [1.54, 1.807) is 0 Å². The van der Waals surface area contributed by atoms with Gasteiger partial charge in [0, 0.05) is 37.4 Å². The lowest BCUT2D eigenvalue weighted by Gasteiger charge is -2.30. The van der Waals surface area contributed by atoms with Crippen molar-refractivity contribution in [3.8, 4) is 11.5 Å². The third-order valence-electron chi connectivity index (χ3n) is 5.45. The van der Waals surface area contributed by atoms with Crippen LogP contribution in [-0.4, -0.2) is 30.1 Å². The van der Waals surface area contributed by atoms with Crippen molar-refractivity contribution in [1.82, 2.24) is 4.90 Å². The van der Waals surface area contributed by atoms with Gasteiger partial charge in [0.2, 0.25) is 6.79 Å². The fourth-order valence-corrected chi connectivity index (χ4v) is 4.62. The summed E-state index contributed by atoms with van der Waals surface area (Å²) in [5.41, 5.74) is 2.65. The Morgan fingerprint density at radius 3 is 2.95 bits per heavy atom. The van der Waals surface area contributed by atoms with Gasteiger partial charge in [-0.25, -0.2) is 0 Å². The quantitative estimate of drug-likeness (QED) is 0.724. The Bertz CT molecular complexity index is 612. The molecule has 104 valence electrons. The average molecular weight is 271 g/mol. The summed E-state index contributed by atoms with van der Waals surface area (Å²) in [6.45, 7) is 2.31. The van der Waals surface area contributed by atoms with Crippen LogP contribution in [0.5, 0.6) is 11.5 Å². The number of carbonyl (C=O) groups is 1. The highest BCUT2D eigenvalue weighted by Gasteiger charge is 2.50. The highest BCUT2D eigenvalue weighted by molar-refractivity contribution is 5.84. The maximum atomic E-state index is 12.4. The van der Waals surface area contributed by atoms with Crippen LogP contribution in [0.25, 0.3) is 0 Å². The third-order valence-corrected chi connectivity index (χ3v) is 5.45. The molecule has 4 atom stereocenters. The summed E-state index contributed by atoms with van der Waals surface area (Å²) in [6.07, 6.45) is 3.00. The van der Waals surface area contributed by atoms with Crippen molar-refractivity contribution in [2.24, 2.45) is 5.92 Å². The highest BCUT2D eigenvalue weighted by Crippen LogP contribution is 2.50. The molecule has 1 aromatic rings. The van der Waals surface area contributed by atoms with E-state index in [4.69, 9.17) is 9.47 Å². The second-order valence-corrected chi connectivity index (χ2v) is 6.39. The Balaban J connectivity index is 1.64. The van der Waals surface area contributed by atoms with Gasteiger partial charge < -0.3 is 9.47 Å². The highest BCUT2D eigenvalue weighted by atomic mass is 16.7. The lowest BCUT2D eigenvalue weighted by Crippen LogP contribution is -2.37. The van der Waals surface area contributed by atoms with Crippen LogP contribution in [-0.2, 0) is 11.3 Å². The van der Waals surface area contributed by atoms with Gasteiger partial charge in [0.1, 0.15) is 5.78 Å². The molecular formula is C16H17NO3.